The van der Waals surface area contributed by atoms with Crippen LogP contribution >= 0.6 is 0 Å². The Morgan fingerprint density at radius 3 is 2.64 bits per heavy atom. The first-order valence-electron chi connectivity index (χ1n) is 4.02. The summed E-state index contributed by atoms with van der Waals surface area (Å²) in [4.78, 5) is 0. The molecule has 64 valence electrons. The van der Waals surface area contributed by atoms with Crippen LogP contribution in [-0.4, -0.2) is 32.1 Å². The number of piperidine rings is 1. The molecule has 0 bridgehead atoms. The zero-order valence-corrected chi connectivity index (χ0v) is 7.47. The molecular formula is C7H13NO2S. The molecule has 1 saturated heterocycles. The number of fused-ring (bicyclic) bond motifs is 1. The average Bonchev–Trinajstić information content (AvgIpc) is 2.60. The highest BCUT2D eigenvalue weighted by molar-refractivity contribution is 7.88. The van der Waals surface area contributed by atoms with Crippen LogP contribution in [0.3, 0.4) is 0 Å². The van der Waals surface area contributed by atoms with Crippen LogP contribution in [0.25, 0.3) is 0 Å². The second-order valence-corrected chi connectivity index (χ2v) is 5.65. The molecule has 1 aliphatic carbocycles. The van der Waals surface area contributed by atoms with Crippen LogP contribution in [-0.2, 0) is 10.0 Å². The SMILES string of the molecule is CS(=O)(=O)N1CC[C@H]2C[C@H]2C1. The summed E-state index contributed by atoms with van der Waals surface area (Å²) in [6.07, 6.45) is 3.64. The summed E-state index contributed by atoms with van der Waals surface area (Å²) in [5.41, 5.74) is 0. The highest BCUT2D eigenvalue weighted by Gasteiger charge is 2.43. The van der Waals surface area contributed by atoms with Crippen LogP contribution in [0, 0.1) is 11.8 Å². The molecule has 3 nitrogen and oxygen atoms in total. The summed E-state index contributed by atoms with van der Waals surface area (Å²) in [6, 6.07) is 0. The summed E-state index contributed by atoms with van der Waals surface area (Å²) in [5.74, 6) is 1.55. The minimum atomic E-state index is -2.90. The van der Waals surface area contributed by atoms with Gasteiger partial charge in [0.1, 0.15) is 0 Å². The zero-order valence-electron chi connectivity index (χ0n) is 6.66. The van der Waals surface area contributed by atoms with E-state index in [9.17, 15) is 8.42 Å². The van der Waals surface area contributed by atoms with Crippen LogP contribution in [0.1, 0.15) is 12.8 Å². The quantitative estimate of drug-likeness (QED) is 0.574. The normalized spacial score (nSPS) is 38.3. The van der Waals surface area contributed by atoms with Gasteiger partial charge in [0.15, 0.2) is 0 Å². The van der Waals surface area contributed by atoms with E-state index in [0.717, 1.165) is 25.4 Å². The molecule has 0 radical (unpaired) electrons. The highest BCUT2D eigenvalue weighted by atomic mass is 32.2. The fourth-order valence-electron chi connectivity index (χ4n) is 1.85. The molecule has 0 spiro atoms. The Morgan fingerprint density at radius 1 is 1.36 bits per heavy atom. The summed E-state index contributed by atoms with van der Waals surface area (Å²) in [5, 5.41) is 0. The Kier molecular flexibility index (Phi) is 1.51. The molecule has 2 fully saturated rings. The predicted molar refractivity (Wildman–Crippen MR) is 42.6 cm³/mol. The fraction of sp³-hybridized carbons (Fsp3) is 1.00. The van der Waals surface area contributed by atoms with Crippen molar-refractivity contribution in [2.24, 2.45) is 11.8 Å². The molecule has 1 aliphatic heterocycles. The third-order valence-corrected chi connectivity index (χ3v) is 4.00. The Hall–Kier alpha value is -0.0900. The average molecular weight is 175 g/mol. The van der Waals surface area contributed by atoms with Crippen molar-refractivity contribution in [1.82, 2.24) is 4.31 Å². The van der Waals surface area contributed by atoms with Gasteiger partial charge in [0.2, 0.25) is 10.0 Å². The van der Waals surface area contributed by atoms with Gasteiger partial charge in [-0.05, 0) is 24.7 Å². The standard InChI is InChI=1S/C7H13NO2S/c1-11(9,10)8-3-2-6-4-7(6)5-8/h6-7H,2-5H2,1H3/t6-,7-/m0/s1. The smallest absolute Gasteiger partial charge is 0.211 e. The molecular weight excluding hydrogens is 162 g/mol. The number of nitrogens with zero attached hydrogens (tertiary/aromatic N) is 1. The van der Waals surface area contributed by atoms with Gasteiger partial charge in [-0.3, -0.25) is 0 Å². The Balaban J connectivity index is 2.06. The van der Waals surface area contributed by atoms with Crippen molar-refractivity contribution >= 4 is 10.0 Å². The lowest BCUT2D eigenvalue weighted by Crippen LogP contribution is -2.35. The van der Waals surface area contributed by atoms with E-state index in [1.165, 1.54) is 12.7 Å². The van der Waals surface area contributed by atoms with E-state index in [4.69, 9.17) is 0 Å². The van der Waals surface area contributed by atoms with E-state index < -0.39 is 10.0 Å². The maximum Gasteiger partial charge on any atom is 0.211 e. The van der Waals surface area contributed by atoms with Gasteiger partial charge in [-0.25, -0.2) is 12.7 Å². The summed E-state index contributed by atoms with van der Waals surface area (Å²) in [7, 11) is -2.90. The molecule has 0 amide bonds. The molecule has 2 aliphatic rings. The number of rotatable bonds is 1. The number of hydrogen-bond acceptors (Lipinski definition) is 2. The van der Waals surface area contributed by atoms with Crippen molar-refractivity contribution in [2.45, 2.75) is 12.8 Å². The maximum absolute atomic E-state index is 11.1. The topological polar surface area (TPSA) is 37.4 Å². The maximum atomic E-state index is 11.1. The predicted octanol–water partition coefficient (Wildman–Crippen LogP) is 0.288. The molecule has 2 rings (SSSR count). The van der Waals surface area contributed by atoms with Gasteiger partial charge in [-0.15, -0.1) is 0 Å². The van der Waals surface area contributed by atoms with Gasteiger partial charge in [0, 0.05) is 13.1 Å². The minimum absolute atomic E-state index is 0.693. The van der Waals surface area contributed by atoms with Crippen LogP contribution in [0.5, 0.6) is 0 Å². The molecule has 0 unspecified atom stereocenters. The van der Waals surface area contributed by atoms with E-state index in [-0.39, 0.29) is 0 Å². The third-order valence-electron chi connectivity index (χ3n) is 2.73. The molecule has 0 N–H and O–H groups in total. The first-order chi connectivity index (χ1) is 5.07. The first kappa shape index (κ1) is 7.55. The molecule has 4 heteroatoms. The highest BCUT2D eigenvalue weighted by Crippen LogP contribution is 2.45. The minimum Gasteiger partial charge on any atom is -0.213 e. The molecule has 11 heavy (non-hydrogen) atoms. The summed E-state index contributed by atoms with van der Waals surface area (Å²) in [6.45, 7) is 1.53. The Morgan fingerprint density at radius 2 is 2.09 bits per heavy atom. The van der Waals surface area contributed by atoms with Gasteiger partial charge < -0.3 is 0 Å². The lowest BCUT2D eigenvalue weighted by Gasteiger charge is -2.23. The van der Waals surface area contributed by atoms with E-state index in [0.29, 0.717) is 5.92 Å². The van der Waals surface area contributed by atoms with Gasteiger partial charge in [0.05, 0.1) is 6.26 Å². The monoisotopic (exact) mass is 175 g/mol. The summed E-state index contributed by atoms with van der Waals surface area (Å²) >= 11 is 0. The Bertz CT molecular complexity index is 260. The van der Waals surface area contributed by atoms with Crippen molar-refractivity contribution in [3.63, 3.8) is 0 Å². The first-order valence-corrected chi connectivity index (χ1v) is 5.87. The summed E-state index contributed by atoms with van der Waals surface area (Å²) < 4.78 is 23.8. The van der Waals surface area contributed by atoms with Crippen molar-refractivity contribution < 1.29 is 8.42 Å². The van der Waals surface area contributed by atoms with E-state index in [1.807, 2.05) is 0 Å². The van der Waals surface area contributed by atoms with Crippen molar-refractivity contribution in [3.05, 3.63) is 0 Å². The molecule has 1 heterocycles. The van der Waals surface area contributed by atoms with Gasteiger partial charge in [-0.1, -0.05) is 0 Å². The zero-order chi connectivity index (χ0) is 8.06. The van der Waals surface area contributed by atoms with Gasteiger partial charge in [-0.2, -0.15) is 0 Å². The molecule has 0 aromatic rings. The van der Waals surface area contributed by atoms with Crippen LogP contribution in [0.2, 0.25) is 0 Å². The molecule has 0 aromatic heterocycles. The Labute approximate surface area is 67.4 Å². The van der Waals surface area contributed by atoms with Gasteiger partial charge >= 0.3 is 0 Å². The van der Waals surface area contributed by atoms with Crippen LogP contribution in [0.4, 0.5) is 0 Å². The van der Waals surface area contributed by atoms with E-state index >= 15 is 0 Å². The molecule has 0 aromatic carbocycles. The van der Waals surface area contributed by atoms with Crippen molar-refractivity contribution in [1.29, 1.82) is 0 Å². The second kappa shape index (κ2) is 2.20. The fourth-order valence-corrected chi connectivity index (χ4v) is 2.75. The number of hydrogen-bond donors (Lipinski definition) is 0. The third kappa shape index (κ3) is 1.42. The van der Waals surface area contributed by atoms with E-state index in [2.05, 4.69) is 0 Å². The van der Waals surface area contributed by atoms with Crippen LogP contribution < -0.4 is 0 Å². The molecule has 1 saturated carbocycles. The number of sulfonamides is 1. The lowest BCUT2D eigenvalue weighted by molar-refractivity contribution is 0.336. The van der Waals surface area contributed by atoms with E-state index in [1.54, 1.807) is 4.31 Å². The largest absolute Gasteiger partial charge is 0.213 e. The second-order valence-electron chi connectivity index (χ2n) is 3.67. The van der Waals surface area contributed by atoms with Crippen molar-refractivity contribution in [2.75, 3.05) is 19.3 Å². The van der Waals surface area contributed by atoms with Crippen LogP contribution in [0.15, 0.2) is 0 Å². The van der Waals surface area contributed by atoms with Crippen molar-refractivity contribution in [3.8, 4) is 0 Å². The molecule has 2 atom stereocenters. The van der Waals surface area contributed by atoms with Gasteiger partial charge in [0.25, 0.3) is 0 Å². The lowest BCUT2D eigenvalue weighted by atomic mass is 10.2.